The largest absolute Gasteiger partial charge is 0.418 e. The standard InChI is InChI=1S/C11H12F3NO2/c12-11(13,14)7-3-1-2-4-8(7)15-9-5-17-6-10(9)16/h1-4,9-10,15-16H,5-6H2. The molecule has 1 fully saturated rings. The quantitative estimate of drug-likeness (QED) is 0.838. The number of aliphatic hydroxyl groups excluding tert-OH is 1. The molecule has 1 saturated heterocycles. The fraction of sp³-hybridized carbons (Fsp3) is 0.455. The van der Waals surface area contributed by atoms with Gasteiger partial charge in [-0.25, -0.2) is 0 Å². The molecule has 0 amide bonds. The molecule has 1 aromatic carbocycles. The minimum atomic E-state index is -4.41. The molecule has 0 bridgehead atoms. The van der Waals surface area contributed by atoms with Gasteiger partial charge in [-0.3, -0.25) is 0 Å². The number of rotatable bonds is 2. The monoisotopic (exact) mass is 247 g/mol. The lowest BCUT2D eigenvalue weighted by Gasteiger charge is -2.19. The number of nitrogens with one attached hydrogen (secondary N) is 1. The second-order valence-corrected chi connectivity index (χ2v) is 3.90. The molecule has 0 radical (unpaired) electrons. The molecule has 0 aliphatic carbocycles. The third-order valence-corrected chi connectivity index (χ3v) is 2.62. The Morgan fingerprint density at radius 1 is 1.24 bits per heavy atom. The van der Waals surface area contributed by atoms with Gasteiger partial charge in [-0.15, -0.1) is 0 Å². The van der Waals surface area contributed by atoms with E-state index in [0.717, 1.165) is 6.07 Å². The molecule has 1 aromatic rings. The Balaban J connectivity index is 2.21. The van der Waals surface area contributed by atoms with Crippen molar-refractivity contribution in [2.75, 3.05) is 18.5 Å². The first kappa shape index (κ1) is 12.2. The van der Waals surface area contributed by atoms with Crippen molar-refractivity contribution in [2.45, 2.75) is 18.3 Å². The van der Waals surface area contributed by atoms with Crippen LogP contribution in [0.3, 0.4) is 0 Å². The van der Waals surface area contributed by atoms with Crippen LogP contribution in [0, 0.1) is 0 Å². The zero-order valence-electron chi connectivity index (χ0n) is 8.87. The van der Waals surface area contributed by atoms with Crippen molar-refractivity contribution in [3.05, 3.63) is 29.8 Å². The molecule has 6 heteroatoms. The van der Waals surface area contributed by atoms with Crippen molar-refractivity contribution in [3.8, 4) is 0 Å². The van der Waals surface area contributed by atoms with Crippen LogP contribution < -0.4 is 5.32 Å². The van der Waals surface area contributed by atoms with Crippen molar-refractivity contribution in [1.82, 2.24) is 0 Å². The van der Waals surface area contributed by atoms with E-state index in [9.17, 15) is 18.3 Å². The first-order valence-electron chi connectivity index (χ1n) is 5.17. The lowest BCUT2D eigenvalue weighted by molar-refractivity contribution is -0.137. The van der Waals surface area contributed by atoms with Crippen molar-refractivity contribution in [1.29, 1.82) is 0 Å². The summed E-state index contributed by atoms with van der Waals surface area (Å²) in [4.78, 5) is 0. The molecule has 1 aliphatic heterocycles. The van der Waals surface area contributed by atoms with Crippen LogP contribution in [0.1, 0.15) is 5.56 Å². The fourth-order valence-electron chi connectivity index (χ4n) is 1.74. The van der Waals surface area contributed by atoms with E-state index in [0.29, 0.717) is 0 Å². The SMILES string of the molecule is OC1COCC1Nc1ccccc1C(F)(F)F. The number of hydrogen-bond acceptors (Lipinski definition) is 3. The van der Waals surface area contributed by atoms with Crippen LogP contribution >= 0.6 is 0 Å². The van der Waals surface area contributed by atoms with Crippen LogP contribution in [-0.4, -0.2) is 30.5 Å². The number of anilines is 1. The lowest BCUT2D eigenvalue weighted by atomic mass is 10.1. The zero-order chi connectivity index (χ0) is 12.5. The number of alkyl halides is 3. The molecule has 2 atom stereocenters. The van der Waals surface area contributed by atoms with E-state index >= 15 is 0 Å². The number of para-hydroxylation sites is 1. The molecule has 1 heterocycles. The number of hydrogen-bond donors (Lipinski definition) is 2. The van der Waals surface area contributed by atoms with Crippen LogP contribution in [0.5, 0.6) is 0 Å². The summed E-state index contributed by atoms with van der Waals surface area (Å²) in [6.45, 7) is 0.346. The molecular weight excluding hydrogens is 235 g/mol. The minimum Gasteiger partial charge on any atom is -0.388 e. The Morgan fingerprint density at radius 3 is 2.53 bits per heavy atom. The molecule has 0 spiro atoms. The van der Waals surface area contributed by atoms with Gasteiger partial charge in [-0.2, -0.15) is 13.2 Å². The normalized spacial score (nSPS) is 24.9. The van der Waals surface area contributed by atoms with Crippen LogP contribution in [-0.2, 0) is 10.9 Å². The summed E-state index contributed by atoms with van der Waals surface area (Å²) < 4.78 is 43.0. The van der Waals surface area contributed by atoms with Crippen LogP contribution in [0.25, 0.3) is 0 Å². The van der Waals surface area contributed by atoms with Gasteiger partial charge in [-0.1, -0.05) is 12.1 Å². The van der Waals surface area contributed by atoms with Crippen molar-refractivity contribution in [2.24, 2.45) is 0 Å². The van der Waals surface area contributed by atoms with E-state index < -0.39 is 23.9 Å². The average Bonchev–Trinajstić information content (AvgIpc) is 2.64. The Bertz CT molecular complexity index is 395. The molecule has 2 N–H and O–H groups in total. The predicted octanol–water partition coefficient (Wildman–Crippen LogP) is 1.88. The molecule has 94 valence electrons. The molecule has 1 aliphatic rings. The van der Waals surface area contributed by atoms with Crippen molar-refractivity contribution >= 4 is 5.69 Å². The summed E-state index contributed by atoms with van der Waals surface area (Å²) in [6.07, 6.45) is -5.19. The van der Waals surface area contributed by atoms with Gasteiger partial charge in [0.2, 0.25) is 0 Å². The summed E-state index contributed by atoms with van der Waals surface area (Å²) in [5.74, 6) is 0. The second kappa shape index (κ2) is 4.54. The fourth-order valence-corrected chi connectivity index (χ4v) is 1.74. The minimum absolute atomic E-state index is 0.0328. The average molecular weight is 247 g/mol. The Hall–Kier alpha value is -1.27. The Labute approximate surface area is 96.2 Å². The first-order chi connectivity index (χ1) is 7.98. The maximum atomic E-state index is 12.7. The molecule has 0 saturated carbocycles. The van der Waals surface area contributed by atoms with Gasteiger partial charge in [0.25, 0.3) is 0 Å². The van der Waals surface area contributed by atoms with Gasteiger partial charge >= 0.3 is 6.18 Å². The second-order valence-electron chi connectivity index (χ2n) is 3.90. The Kier molecular flexibility index (Phi) is 3.26. The maximum absolute atomic E-state index is 12.7. The summed E-state index contributed by atoms with van der Waals surface area (Å²) in [6, 6.07) is 4.69. The molecule has 2 unspecified atom stereocenters. The van der Waals surface area contributed by atoms with Crippen molar-refractivity contribution < 1.29 is 23.0 Å². The van der Waals surface area contributed by atoms with E-state index in [4.69, 9.17) is 4.74 Å². The van der Waals surface area contributed by atoms with E-state index in [-0.39, 0.29) is 18.9 Å². The van der Waals surface area contributed by atoms with Gasteiger partial charge in [-0.05, 0) is 12.1 Å². The highest BCUT2D eigenvalue weighted by molar-refractivity contribution is 5.53. The first-order valence-corrected chi connectivity index (χ1v) is 5.17. The molecule has 3 nitrogen and oxygen atoms in total. The van der Waals surface area contributed by atoms with E-state index in [1.807, 2.05) is 0 Å². The summed E-state index contributed by atoms with van der Waals surface area (Å²) >= 11 is 0. The van der Waals surface area contributed by atoms with E-state index in [1.54, 1.807) is 0 Å². The van der Waals surface area contributed by atoms with Gasteiger partial charge in [0.05, 0.1) is 30.9 Å². The highest BCUT2D eigenvalue weighted by Gasteiger charge is 2.35. The number of halogens is 3. The van der Waals surface area contributed by atoms with E-state index in [2.05, 4.69) is 5.32 Å². The number of ether oxygens (including phenoxy) is 1. The summed E-state index contributed by atoms with van der Waals surface area (Å²) in [5.41, 5.74) is -0.770. The smallest absolute Gasteiger partial charge is 0.388 e. The third-order valence-electron chi connectivity index (χ3n) is 2.62. The zero-order valence-corrected chi connectivity index (χ0v) is 8.87. The molecule has 17 heavy (non-hydrogen) atoms. The number of benzene rings is 1. The Morgan fingerprint density at radius 2 is 1.94 bits per heavy atom. The third kappa shape index (κ3) is 2.70. The highest BCUT2D eigenvalue weighted by Crippen LogP contribution is 2.35. The summed E-state index contributed by atoms with van der Waals surface area (Å²) in [7, 11) is 0. The molecule has 0 aromatic heterocycles. The molecule has 2 rings (SSSR count). The lowest BCUT2D eigenvalue weighted by Crippen LogP contribution is -2.32. The van der Waals surface area contributed by atoms with Gasteiger partial charge in [0.15, 0.2) is 0 Å². The summed E-state index contributed by atoms with van der Waals surface area (Å²) in [5, 5.41) is 12.1. The van der Waals surface area contributed by atoms with Crippen LogP contribution in [0.15, 0.2) is 24.3 Å². The van der Waals surface area contributed by atoms with Crippen molar-refractivity contribution in [3.63, 3.8) is 0 Å². The topological polar surface area (TPSA) is 41.5 Å². The molecular formula is C11H12F3NO2. The van der Waals surface area contributed by atoms with Gasteiger partial charge < -0.3 is 15.2 Å². The van der Waals surface area contributed by atoms with Gasteiger partial charge in [0.1, 0.15) is 0 Å². The van der Waals surface area contributed by atoms with Crippen LogP contribution in [0.4, 0.5) is 18.9 Å². The highest BCUT2D eigenvalue weighted by atomic mass is 19.4. The van der Waals surface area contributed by atoms with Gasteiger partial charge in [0, 0.05) is 5.69 Å². The van der Waals surface area contributed by atoms with Crippen LogP contribution in [0.2, 0.25) is 0 Å². The maximum Gasteiger partial charge on any atom is 0.418 e. The number of aliphatic hydroxyl groups is 1. The van der Waals surface area contributed by atoms with E-state index in [1.165, 1.54) is 18.2 Å². The predicted molar refractivity (Wildman–Crippen MR) is 55.7 cm³/mol.